The molecule has 0 amide bonds. The summed E-state index contributed by atoms with van der Waals surface area (Å²) in [7, 11) is -3.28. The first-order valence-corrected chi connectivity index (χ1v) is 10.1. The number of hydrogen-bond acceptors (Lipinski definition) is 3. The van der Waals surface area contributed by atoms with Gasteiger partial charge in [0.1, 0.15) is 0 Å². The molecule has 1 saturated heterocycles. The van der Waals surface area contributed by atoms with Gasteiger partial charge in [0, 0.05) is 33.0 Å². The van der Waals surface area contributed by atoms with Crippen molar-refractivity contribution in [1.82, 2.24) is 9.88 Å². The van der Waals surface area contributed by atoms with Gasteiger partial charge in [0.2, 0.25) is 0 Å². The van der Waals surface area contributed by atoms with E-state index in [0.717, 1.165) is 42.1 Å². The van der Waals surface area contributed by atoms with Gasteiger partial charge in [0.15, 0.2) is 9.84 Å². The van der Waals surface area contributed by atoms with Gasteiger partial charge in [-0.3, -0.25) is 0 Å². The molecule has 1 aromatic carbocycles. The number of aromatic amines is 1. The van der Waals surface area contributed by atoms with Crippen molar-refractivity contribution in [1.29, 1.82) is 0 Å². The lowest BCUT2D eigenvalue weighted by molar-refractivity contribution is 0.309. The minimum atomic E-state index is -3.28. The second kappa shape index (κ2) is 5.35. The highest BCUT2D eigenvalue weighted by molar-refractivity contribution is 7.90. The smallest absolute Gasteiger partial charge is 0.175 e. The van der Waals surface area contributed by atoms with E-state index in [9.17, 15) is 8.42 Å². The van der Waals surface area contributed by atoms with Crippen LogP contribution in [0.4, 0.5) is 0 Å². The van der Waals surface area contributed by atoms with E-state index in [0.29, 0.717) is 23.8 Å². The minimum absolute atomic E-state index is 0.0270. The van der Waals surface area contributed by atoms with Gasteiger partial charge < -0.3 is 9.88 Å². The van der Waals surface area contributed by atoms with Gasteiger partial charge in [0.05, 0.1) is 4.90 Å². The number of likely N-dealkylation sites (N-methyl/N-ethyl adjacent to an activating group) is 1. The Morgan fingerprint density at radius 3 is 2.87 bits per heavy atom. The summed E-state index contributed by atoms with van der Waals surface area (Å²) >= 11 is 0. The van der Waals surface area contributed by atoms with Gasteiger partial charge in [-0.1, -0.05) is 0 Å². The average molecular weight is 335 g/mol. The average Bonchev–Trinajstić information content (AvgIpc) is 3.15. The van der Waals surface area contributed by atoms with Crippen LogP contribution in [0.25, 0.3) is 10.9 Å². The van der Waals surface area contributed by atoms with E-state index >= 15 is 0 Å². The molecule has 4 rings (SSSR count). The molecular formula is C18H24N2O2S. The van der Waals surface area contributed by atoms with Gasteiger partial charge in [-0.25, -0.2) is 8.42 Å². The molecule has 23 heavy (non-hydrogen) atoms. The molecule has 1 aromatic heterocycles. The Morgan fingerprint density at radius 1 is 1.35 bits per heavy atom. The third kappa shape index (κ3) is 2.81. The number of nitrogens with one attached hydrogen (secondary N) is 1. The van der Waals surface area contributed by atoms with Crippen molar-refractivity contribution < 1.29 is 12.5 Å². The fourth-order valence-electron chi connectivity index (χ4n) is 3.70. The van der Waals surface area contributed by atoms with Crippen LogP contribution in [0.1, 0.15) is 47.0 Å². The molecule has 0 spiro atoms. The van der Waals surface area contributed by atoms with E-state index in [1.54, 1.807) is 17.0 Å². The fourth-order valence-corrected chi connectivity index (χ4v) is 4.35. The number of aromatic nitrogens is 1. The second-order valence-corrected chi connectivity index (χ2v) is 8.98. The summed E-state index contributed by atoms with van der Waals surface area (Å²) in [6.45, 7) is -1.48. The topological polar surface area (TPSA) is 53.2 Å². The fraction of sp³-hybridized carbons (Fsp3) is 0.556. The molecular weight excluding hydrogens is 308 g/mol. The summed E-state index contributed by atoms with van der Waals surface area (Å²) in [6, 6.07) is 5.19. The zero-order valence-electron chi connectivity index (χ0n) is 16.3. The molecule has 2 heterocycles. The van der Waals surface area contributed by atoms with E-state index < -0.39 is 16.8 Å². The van der Waals surface area contributed by atoms with Crippen LogP contribution in [-0.2, 0) is 16.3 Å². The number of nitrogens with zero attached hydrogens (tertiary/aromatic N) is 1. The molecule has 0 bridgehead atoms. The third-order valence-electron chi connectivity index (χ3n) is 5.14. The summed E-state index contributed by atoms with van der Waals surface area (Å²) in [5.74, 6) is 0.488. The SMILES string of the molecule is [2H]C([2H])([2H])N1CCC[C@@H]1Cc1c(C2CC2)[nH]c2ccc(S(C)(=O)=O)cc12. The molecule has 1 atom stereocenters. The lowest BCUT2D eigenvalue weighted by Gasteiger charge is -2.20. The monoisotopic (exact) mass is 335 g/mol. The zero-order valence-corrected chi connectivity index (χ0v) is 14.1. The Morgan fingerprint density at radius 2 is 2.17 bits per heavy atom. The Balaban J connectivity index is 1.78. The molecule has 1 aliphatic carbocycles. The number of rotatable bonds is 4. The largest absolute Gasteiger partial charge is 0.358 e. The molecule has 0 unspecified atom stereocenters. The van der Waals surface area contributed by atoms with Gasteiger partial charge >= 0.3 is 0 Å². The Kier molecular flexibility index (Phi) is 2.81. The molecule has 1 aliphatic heterocycles. The standard InChI is InChI=1S/C18H24N2O2S/c1-20-9-3-4-13(20)10-16-15-11-14(23(2,21)22)7-8-17(15)19-18(16)12-5-6-12/h7-8,11-13,19H,3-6,9-10H2,1-2H3/t13-/m1/s1/i1D3. The number of fused-ring (bicyclic) bond motifs is 1. The van der Waals surface area contributed by atoms with Crippen LogP contribution in [0.15, 0.2) is 23.1 Å². The minimum Gasteiger partial charge on any atom is -0.358 e. The normalized spacial score (nSPS) is 25.4. The third-order valence-corrected chi connectivity index (χ3v) is 6.25. The number of likely N-dealkylation sites (tertiary alicyclic amines) is 1. The maximum atomic E-state index is 12.0. The van der Waals surface area contributed by atoms with Crippen molar-refractivity contribution in [3.05, 3.63) is 29.5 Å². The van der Waals surface area contributed by atoms with Crippen molar-refractivity contribution in [2.75, 3.05) is 19.8 Å². The molecule has 4 nitrogen and oxygen atoms in total. The van der Waals surface area contributed by atoms with Crippen LogP contribution in [0.5, 0.6) is 0 Å². The maximum Gasteiger partial charge on any atom is 0.175 e. The van der Waals surface area contributed by atoms with Gasteiger partial charge in [-0.2, -0.15) is 0 Å². The van der Waals surface area contributed by atoms with Crippen molar-refractivity contribution in [3.8, 4) is 0 Å². The van der Waals surface area contributed by atoms with E-state index in [1.165, 1.54) is 11.9 Å². The van der Waals surface area contributed by atoms with E-state index in [1.807, 2.05) is 6.07 Å². The van der Waals surface area contributed by atoms with Crippen molar-refractivity contribution in [3.63, 3.8) is 0 Å². The molecule has 124 valence electrons. The molecule has 2 aromatic rings. The summed E-state index contributed by atoms with van der Waals surface area (Å²) in [4.78, 5) is 5.42. The van der Waals surface area contributed by atoms with Gasteiger partial charge in [-0.05, 0) is 75.3 Å². The quantitative estimate of drug-likeness (QED) is 0.934. The molecule has 1 saturated carbocycles. The first kappa shape index (κ1) is 12.1. The summed E-state index contributed by atoms with van der Waals surface area (Å²) in [5.41, 5.74) is 3.21. The highest BCUT2D eigenvalue weighted by Crippen LogP contribution is 2.44. The Bertz CT molecular complexity index is 945. The molecule has 0 radical (unpaired) electrons. The van der Waals surface area contributed by atoms with Crippen molar-refractivity contribution in [2.24, 2.45) is 0 Å². The van der Waals surface area contributed by atoms with Crippen LogP contribution < -0.4 is 0 Å². The van der Waals surface area contributed by atoms with Crippen LogP contribution in [0, 0.1) is 0 Å². The second-order valence-electron chi connectivity index (χ2n) is 6.96. The van der Waals surface area contributed by atoms with Crippen LogP contribution >= 0.6 is 0 Å². The highest BCUT2D eigenvalue weighted by Gasteiger charge is 2.31. The zero-order chi connectivity index (χ0) is 18.7. The van der Waals surface area contributed by atoms with Crippen molar-refractivity contribution in [2.45, 2.75) is 49.0 Å². The predicted octanol–water partition coefficient (Wildman–Crippen LogP) is 3.09. The molecule has 1 N–H and O–H groups in total. The van der Waals surface area contributed by atoms with Gasteiger partial charge in [0.25, 0.3) is 0 Å². The number of hydrogen-bond donors (Lipinski definition) is 1. The maximum absolute atomic E-state index is 12.0. The predicted molar refractivity (Wildman–Crippen MR) is 92.7 cm³/mol. The molecule has 2 fully saturated rings. The van der Waals surface area contributed by atoms with Crippen LogP contribution in [0.3, 0.4) is 0 Å². The Hall–Kier alpha value is -1.33. The molecule has 5 heteroatoms. The lowest BCUT2D eigenvalue weighted by atomic mass is 9.99. The number of sulfone groups is 1. The van der Waals surface area contributed by atoms with Crippen molar-refractivity contribution >= 4 is 20.7 Å². The highest BCUT2D eigenvalue weighted by atomic mass is 32.2. The number of benzene rings is 1. The van der Waals surface area contributed by atoms with Crippen LogP contribution in [0.2, 0.25) is 0 Å². The lowest BCUT2D eigenvalue weighted by Crippen LogP contribution is -2.27. The first-order chi connectivity index (χ1) is 12.1. The Labute approximate surface area is 142 Å². The van der Waals surface area contributed by atoms with Crippen LogP contribution in [-0.4, -0.2) is 44.1 Å². The first-order valence-electron chi connectivity index (χ1n) is 9.76. The number of H-pyrrole nitrogens is 1. The van der Waals surface area contributed by atoms with E-state index in [4.69, 9.17) is 4.11 Å². The summed E-state index contributed by atoms with van der Waals surface area (Å²) in [5, 5.41) is 0.923. The van der Waals surface area contributed by atoms with E-state index in [2.05, 4.69) is 4.98 Å². The van der Waals surface area contributed by atoms with E-state index in [-0.39, 0.29) is 6.04 Å². The van der Waals surface area contributed by atoms with Gasteiger partial charge in [-0.15, -0.1) is 0 Å². The summed E-state index contributed by atoms with van der Waals surface area (Å²) in [6.07, 6.45) is 5.88. The summed E-state index contributed by atoms with van der Waals surface area (Å²) < 4.78 is 47.3. The molecule has 2 aliphatic rings.